The first-order chi connectivity index (χ1) is 19.5. The van der Waals surface area contributed by atoms with Gasteiger partial charge < -0.3 is 20.1 Å². The molecule has 3 rings (SSSR count). The lowest BCUT2D eigenvalue weighted by Crippen LogP contribution is -2.37. The van der Waals surface area contributed by atoms with Gasteiger partial charge in [-0.3, -0.25) is 9.59 Å². The number of aliphatic hydroxyl groups is 1. The maximum atomic E-state index is 12.4. The molecule has 4 atom stereocenters. The van der Waals surface area contributed by atoms with Crippen molar-refractivity contribution in [2.45, 2.75) is 64.8 Å². The Bertz CT molecular complexity index is 1160. The Hall–Kier alpha value is -3.52. The molecule has 0 bridgehead atoms. The van der Waals surface area contributed by atoms with Gasteiger partial charge in [-0.2, -0.15) is 0 Å². The van der Waals surface area contributed by atoms with E-state index in [1.165, 1.54) is 0 Å². The van der Waals surface area contributed by atoms with Crippen molar-refractivity contribution < 1.29 is 24.2 Å². The number of aliphatic hydroxyl groups excluding tert-OH is 1. The summed E-state index contributed by atoms with van der Waals surface area (Å²) in [5, 5.41) is 11.4. The Labute approximate surface area is 249 Å². The van der Waals surface area contributed by atoms with E-state index in [9.17, 15) is 14.4 Å². The van der Waals surface area contributed by atoms with Crippen LogP contribution in [0.25, 0.3) is 0 Å². The van der Waals surface area contributed by atoms with Crippen molar-refractivity contribution in [3.8, 4) is 0 Å². The molecule has 0 fully saturated rings. The molecule has 0 aliphatic rings. The molecular weight excluding hydrogens is 540 g/mol. The first-order valence-electron chi connectivity index (χ1n) is 13.6. The largest absolute Gasteiger partial charge is 0.459 e. The van der Waals surface area contributed by atoms with Gasteiger partial charge in [0.25, 0.3) is 11.1 Å². The van der Waals surface area contributed by atoms with Gasteiger partial charge in [0.05, 0.1) is 11.7 Å². The minimum Gasteiger partial charge on any atom is -0.459 e. The van der Waals surface area contributed by atoms with Gasteiger partial charge in [0, 0.05) is 36.7 Å². The van der Waals surface area contributed by atoms with E-state index in [1.807, 2.05) is 58.2 Å². The minimum absolute atomic E-state index is 0.0373. The van der Waals surface area contributed by atoms with Crippen LogP contribution in [0, 0.1) is 0 Å². The number of ether oxygens (including phenoxy) is 1. The van der Waals surface area contributed by atoms with Gasteiger partial charge >= 0.3 is 5.97 Å². The molecule has 0 aromatic heterocycles. The van der Waals surface area contributed by atoms with E-state index in [-0.39, 0.29) is 30.1 Å². The van der Waals surface area contributed by atoms with Crippen LogP contribution in [0.3, 0.4) is 0 Å². The van der Waals surface area contributed by atoms with Crippen molar-refractivity contribution in [3.63, 3.8) is 0 Å². The fraction of sp³-hybridized carbons (Fsp3) is 0.364. The van der Waals surface area contributed by atoms with Crippen LogP contribution < -0.4 is 5.32 Å². The highest BCUT2D eigenvalue weighted by Crippen LogP contribution is 2.13. The van der Waals surface area contributed by atoms with E-state index < -0.39 is 5.24 Å². The summed E-state index contributed by atoms with van der Waals surface area (Å²) in [6, 6.07) is 27.2. The number of hydrogen-bond acceptors (Lipinski definition) is 6. The van der Waals surface area contributed by atoms with Crippen molar-refractivity contribution in [2.75, 3.05) is 14.1 Å². The van der Waals surface area contributed by atoms with Crippen molar-refractivity contribution in [2.24, 2.45) is 0 Å². The first-order valence-corrected chi connectivity index (χ1v) is 14.0. The molecule has 0 saturated heterocycles. The van der Waals surface area contributed by atoms with Gasteiger partial charge in [-0.15, -0.1) is 0 Å². The van der Waals surface area contributed by atoms with Crippen LogP contribution >= 0.6 is 11.6 Å². The summed E-state index contributed by atoms with van der Waals surface area (Å²) in [5.74, 6) is -0.378. The molecule has 2 N–H and O–H groups in total. The van der Waals surface area contributed by atoms with Crippen molar-refractivity contribution in [1.82, 2.24) is 10.2 Å². The van der Waals surface area contributed by atoms with E-state index in [2.05, 4.69) is 5.32 Å². The van der Waals surface area contributed by atoms with Gasteiger partial charge in [-0.05, 0) is 77.0 Å². The zero-order chi connectivity index (χ0) is 30.8. The first kappa shape index (κ1) is 35.5. The SMILES string of the molecule is CC(CC(C)N(C)C(=O)c1ccccc1)OC(=O)c1ccccc1.CNC(C)CC(C)O.O=C(Cl)c1ccccc1. The molecule has 1 amide bonds. The molecule has 222 valence electrons. The fourth-order valence-electron chi connectivity index (χ4n) is 3.69. The zero-order valence-electron chi connectivity index (χ0n) is 24.8. The second-order valence-corrected chi connectivity index (χ2v) is 10.2. The van der Waals surface area contributed by atoms with Gasteiger partial charge in [-0.1, -0.05) is 66.7 Å². The number of halogens is 1. The molecule has 0 saturated carbocycles. The predicted molar refractivity (Wildman–Crippen MR) is 165 cm³/mol. The van der Waals surface area contributed by atoms with E-state index >= 15 is 0 Å². The van der Waals surface area contributed by atoms with Gasteiger partial charge in [-0.25, -0.2) is 4.79 Å². The van der Waals surface area contributed by atoms with Crippen molar-refractivity contribution in [1.29, 1.82) is 0 Å². The van der Waals surface area contributed by atoms with E-state index in [1.54, 1.807) is 79.5 Å². The molecule has 0 radical (unpaired) electrons. The molecule has 0 heterocycles. The third-order valence-electron chi connectivity index (χ3n) is 6.18. The maximum absolute atomic E-state index is 12.4. The lowest BCUT2D eigenvalue weighted by Gasteiger charge is -2.27. The second kappa shape index (κ2) is 19.5. The highest BCUT2D eigenvalue weighted by Gasteiger charge is 2.21. The Morgan fingerprint density at radius 1 is 0.780 bits per heavy atom. The number of nitrogens with one attached hydrogen (secondary N) is 1. The second-order valence-electron chi connectivity index (χ2n) is 9.86. The Morgan fingerprint density at radius 3 is 1.59 bits per heavy atom. The van der Waals surface area contributed by atoms with E-state index in [4.69, 9.17) is 21.4 Å². The van der Waals surface area contributed by atoms with Gasteiger partial charge in [0.15, 0.2) is 0 Å². The molecule has 4 unspecified atom stereocenters. The number of carbonyl (C=O) groups excluding carboxylic acids is 3. The Kier molecular flexibility index (Phi) is 16.9. The molecule has 8 heteroatoms. The highest BCUT2D eigenvalue weighted by atomic mass is 35.5. The Balaban J connectivity index is 0.000000403. The topological polar surface area (TPSA) is 95.9 Å². The highest BCUT2D eigenvalue weighted by molar-refractivity contribution is 6.67. The predicted octanol–water partition coefficient (Wildman–Crippen LogP) is 6.21. The van der Waals surface area contributed by atoms with Crippen LogP contribution in [-0.2, 0) is 4.74 Å². The average molecular weight is 583 g/mol. The summed E-state index contributed by atoms with van der Waals surface area (Å²) >= 11 is 5.16. The standard InChI is InChI=1S/C20H23NO3.C7H5ClO.C6H15NO/c1-15(21(3)19(22)17-10-6-4-7-11-17)14-16(2)24-20(23)18-12-8-5-9-13-18;8-7(9)6-4-2-1-3-5-6;1-5(7-3)4-6(2)8/h4-13,15-16H,14H2,1-3H3;1-5H;5-8H,4H2,1-3H3. The molecular formula is C33H43ClN2O5. The number of carbonyl (C=O) groups is 3. The number of benzene rings is 3. The smallest absolute Gasteiger partial charge is 0.338 e. The maximum Gasteiger partial charge on any atom is 0.338 e. The third-order valence-corrected chi connectivity index (χ3v) is 6.40. The fourth-order valence-corrected chi connectivity index (χ4v) is 3.82. The third kappa shape index (κ3) is 14.6. The van der Waals surface area contributed by atoms with Crippen LogP contribution in [0.5, 0.6) is 0 Å². The molecule has 0 aliphatic carbocycles. The number of amides is 1. The zero-order valence-corrected chi connectivity index (χ0v) is 25.5. The van der Waals surface area contributed by atoms with Crippen LogP contribution in [0.2, 0.25) is 0 Å². The van der Waals surface area contributed by atoms with Crippen LogP contribution in [-0.4, -0.2) is 65.5 Å². The molecule has 3 aromatic carbocycles. The van der Waals surface area contributed by atoms with E-state index in [0.717, 1.165) is 6.42 Å². The van der Waals surface area contributed by atoms with Crippen LogP contribution in [0.4, 0.5) is 0 Å². The summed E-state index contributed by atoms with van der Waals surface area (Å²) in [6.07, 6.45) is 0.945. The molecule has 3 aromatic rings. The molecule has 41 heavy (non-hydrogen) atoms. The number of hydrogen-bond donors (Lipinski definition) is 2. The van der Waals surface area contributed by atoms with Crippen LogP contribution in [0.15, 0.2) is 91.0 Å². The lowest BCUT2D eigenvalue weighted by atomic mass is 10.1. The number of esters is 1. The van der Waals surface area contributed by atoms with Crippen LogP contribution in [0.1, 0.15) is 71.6 Å². The van der Waals surface area contributed by atoms with Gasteiger partial charge in [0.1, 0.15) is 6.10 Å². The summed E-state index contributed by atoms with van der Waals surface area (Å²) in [6.45, 7) is 7.65. The molecule has 0 spiro atoms. The minimum atomic E-state index is -0.407. The number of nitrogens with zero attached hydrogens (tertiary/aromatic N) is 1. The van der Waals surface area contributed by atoms with Gasteiger partial charge in [0.2, 0.25) is 0 Å². The van der Waals surface area contributed by atoms with Crippen molar-refractivity contribution >= 4 is 28.7 Å². The normalized spacial score (nSPS) is 13.1. The molecule has 7 nitrogen and oxygen atoms in total. The average Bonchev–Trinajstić information content (AvgIpc) is 2.97. The lowest BCUT2D eigenvalue weighted by molar-refractivity contribution is 0.0268. The monoisotopic (exact) mass is 582 g/mol. The van der Waals surface area contributed by atoms with E-state index in [0.29, 0.717) is 29.2 Å². The summed E-state index contributed by atoms with van der Waals surface area (Å²) < 4.78 is 5.47. The molecule has 0 aliphatic heterocycles. The quantitative estimate of drug-likeness (QED) is 0.218. The van der Waals surface area contributed by atoms with Crippen molar-refractivity contribution in [3.05, 3.63) is 108 Å². The summed E-state index contributed by atoms with van der Waals surface area (Å²) in [7, 11) is 3.67. The Morgan fingerprint density at radius 2 is 1.22 bits per heavy atom. The summed E-state index contributed by atoms with van der Waals surface area (Å²) in [5.41, 5.74) is 1.73. The number of rotatable bonds is 10. The summed E-state index contributed by atoms with van der Waals surface area (Å²) in [4.78, 5) is 36.6.